The average Bonchev–Trinajstić information content (AvgIpc) is 2.93. The summed E-state index contributed by atoms with van der Waals surface area (Å²) in [5.41, 5.74) is 2.41. The molecule has 1 N–H and O–H groups in total. The number of carbonyl (C=O) groups is 2. The minimum absolute atomic E-state index is 0.0215. The Hall–Kier alpha value is -3.99. The molecule has 0 aromatic heterocycles. The topological polar surface area (TPSA) is 49.4 Å². The molecule has 5 heteroatoms. The van der Waals surface area contributed by atoms with Gasteiger partial charge in [-0.3, -0.25) is 9.59 Å². The summed E-state index contributed by atoms with van der Waals surface area (Å²) in [6, 6.07) is 29.5. The third-order valence-corrected chi connectivity index (χ3v) is 6.74. The molecule has 0 aliphatic carbocycles. The lowest BCUT2D eigenvalue weighted by Crippen LogP contribution is -2.51. The smallest absolute Gasteiger partial charge is 0.243 e. The highest BCUT2D eigenvalue weighted by Crippen LogP contribution is 2.22. The van der Waals surface area contributed by atoms with Gasteiger partial charge in [-0.05, 0) is 40.3 Å². The molecule has 0 spiro atoms. The first kappa shape index (κ1) is 27.1. The number of rotatable bonds is 11. The van der Waals surface area contributed by atoms with Crippen molar-refractivity contribution in [3.8, 4) is 0 Å². The first-order valence-corrected chi connectivity index (χ1v) is 13.2. The molecule has 4 nitrogen and oxygen atoms in total. The van der Waals surface area contributed by atoms with Crippen LogP contribution in [0.4, 0.5) is 4.39 Å². The minimum Gasteiger partial charge on any atom is -0.354 e. The van der Waals surface area contributed by atoms with Crippen LogP contribution in [0.5, 0.6) is 0 Å². The maximum atomic E-state index is 14.7. The molecule has 0 saturated carbocycles. The van der Waals surface area contributed by atoms with Crippen molar-refractivity contribution in [3.05, 3.63) is 120 Å². The Labute approximate surface area is 224 Å². The number of aryl methyl sites for hydroxylation is 1. The Kier molecular flexibility index (Phi) is 9.26. The van der Waals surface area contributed by atoms with E-state index in [1.54, 1.807) is 23.1 Å². The fraction of sp³-hybridized carbons (Fsp3) is 0.273. The summed E-state index contributed by atoms with van der Waals surface area (Å²) in [5, 5.41) is 5.24. The lowest BCUT2D eigenvalue weighted by atomic mass is 9.99. The number of hydrogen-bond acceptors (Lipinski definition) is 2. The number of nitrogens with one attached hydrogen (secondary N) is 1. The van der Waals surface area contributed by atoms with Gasteiger partial charge < -0.3 is 10.2 Å². The van der Waals surface area contributed by atoms with Crippen LogP contribution < -0.4 is 5.32 Å². The van der Waals surface area contributed by atoms with Gasteiger partial charge in [-0.1, -0.05) is 105 Å². The molecule has 4 rings (SSSR count). The molecule has 2 amide bonds. The van der Waals surface area contributed by atoms with E-state index < -0.39 is 6.04 Å². The molecule has 0 fully saturated rings. The first-order chi connectivity index (χ1) is 18.4. The summed E-state index contributed by atoms with van der Waals surface area (Å²) in [5.74, 6) is -0.530. The molecule has 196 valence electrons. The Morgan fingerprint density at radius 3 is 2.24 bits per heavy atom. The fourth-order valence-corrected chi connectivity index (χ4v) is 4.68. The molecule has 38 heavy (non-hydrogen) atoms. The zero-order valence-electron chi connectivity index (χ0n) is 22.1. The van der Waals surface area contributed by atoms with Crippen LogP contribution >= 0.6 is 0 Å². The molecule has 1 atom stereocenters. The molecule has 0 aliphatic heterocycles. The van der Waals surface area contributed by atoms with Gasteiger partial charge in [0, 0.05) is 31.5 Å². The van der Waals surface area contributed by atoms with E-state index in [1.807, 2.05) is 68.4 Å². The van der Waals surface area contributed by atoms with Gasteiger partial charge in [0.2, 0.25) is 11.8 Å². The van der Waals surface area contributed by atoms with Crippen molar-refractivity contribution in [3.63, 3.8) is 0 Å². The quantitative estimate of drug-likeness (QED) is 0.257. The van der Waals surface area contributed by atoms with E-state index in [0.29, 0.717) is 24.9 Å². The molecule has 0 heterocycles. The van der Waals surface area contributed by atoms with Crippen LogP contribution in [0.15, 0.2) is 97.1 Å². The van der Waals surface area contributed by atoms with Crippen molar-refractivity contribution in [2.24, 2.45) is 5.92 Å². The predicted octanol–water partition coefficient (Wildman–Crippen LogP) is 6.32. The number of fused-ring (bicyclic) bond motifs is 1. The maximum Gasteiger partial charge on any atom is 0.243 e. The Bertz CT molecular complexity index is 1360. The monoisotopic (exact) mass is 510 g/mol. The average molecular weight is 511 g/mol. The molecular formula is C33H35FN2O2. The van der Waals surface area contributed by atoms with Crippen LogP contribution in [0.1, 0.15) is 37.0 Å². The van der Waals surface area contributed by atoms with Crippen LogP contribution in [0.3, 0.4) is 0 Å². The van der Waals surface area contributed by atoms with Crippen LogP contribution in [0, 0.1) is 11.7 Å². The molecule has 0 saturated heterocycles. The van der Waals surface area contributed by atoms with Crippen LogP contribution in [0.25, 0.3) is 10.8 Å². The summed E-state index contributed by atoms with van der Waals surface area (Å²) in [7, 11) is 0. The highest BCUT2D eigenvalue weighted by Gasteiger charge is 2.30. The number of nitrogens with zero attached hydrogens (tertiary/aromatic N) is 1. The molecule has 0 unspecified atom stereocenters. The van der Waals surface area contributed by atoms with Crippen molar-refractivity contribution in [1.29, 1.82) is 0 Å². The first-order valence-electron chi connectivity index (χ1n) is 13.2. The number of halogens is 1. The summed E-state index contributed by atoms with van der Waals surface area (Å²) >= 11 is 0. The van der Waals surface area contributed by atoms with Gasteiger partial charge in [-0.25, -0.2) is 4.39 Å². The summed E-state index contributed by atoms with van der Waals surface area (Å²) < 4.78 is 14.7. The maximum absolute atomic E-state index is 14.7. The van der Waals surface area contributed by atoms with E-state index in [0.717, 1.165) is 21.9 Å². The van der Waals surface area contributed by atoms with E-state index in [-0.39, 0.29) is 36.5 Å². The van der Waals surface area contributed by atoms with Gasteiger partial charge in [0.15, 0.2) is 0 Å². The molecule has 4 aromatic carbocycles. The van der Waals surface area contributed by atoms with E-state index in [9.17, 15) is 14.0 Å². The standard InChI is InChI=1S/C33H35FN2O2/c1-24(2)22-35-33(38)31(21-25-11-4-3-5-12-25)36(23-28-14-7-9-18-30(28)34)32(37)20-19-27-16-10-15-26-13-6-8-17-29(26)27/h3-18,24,31H,19-23H2,1-2H3,(H,35,38)/t31-/m1/s1. The number of hydrogen-bond donors (Lipinski definition) is 1. The van der Waals surface area contributed by atoms with Gasteiger partial charge >= 0.3 is 0 Å². The predicted molar refractivity (Wildman–Crippen MR) is 151 cm³/mol. The second kappa shape index (κ2) is 13.0. The van der Waals surface area contributed by atoms with E-state index in [2.05, 4.69) is 23.5 Å². The largest absolute Gasteiger partial charge is 0.354 e. The van der Waals surface area contributed by atoms with E-state index in [1.165, 1.54) is 6.07 Å². The van der Waals surface area contributed by atoms with Crippen molar-refractivity contribution in [1.82, 2.24) is 10.2 Å². The highest BCUT2D eigenvalue weighted by molar-refractivity contribution is 5.89. The van der Waals surface area contributed by atoms with Gasteiger partial charge in [0.1, 0.15) is 11.9 Å². The molecule has 0 bridgehead atoms. The Balaban J connectivity index is 1.64. The third kappa shape index (κ3) is 7.06. The normalized spacial score (nSPS) is 11.9. The number of amides is 2. The Morgan fingerprint density at radius 1 is 0.816 bits per heavy atom. The second-order valence-corrected chi connectivity index (χ2v) is 10.1. The van der Waals surface area contributed by atoms with Crippen molar-refractivity contribution >= 4 is 22.6 Å². The lowest BCUT2D eigenvalue weighted by Gasteiger charge is -2.32. The van der Waals surface area contributed by atoms with Crippen molar-refractivity contribution < 1.29 is 14.0 Å². The van der Waals surface area contributed by atoms with Crippen LogP contribution in [0.2, 0.25) is 0 Å². The van der Waals surface area contributed by atoms with Crippen molar-refractivity contribution in [2.45, 2.75) is 45.7 Å². The highest BCUT2D eigenvalue weighted by atomic mass is 19.1. The summed E-state index contributed by atoms with van der Waals surface area (Å²) in [6.07, 6.45) is 1.09. The molecule has 0 radical (unpaired) electrons. The SMILES string of the molecule is CC(C)CNC(=O)[C@@H](Cc1ccccc1)N(Cc1ccccc1F)C(=O)CCc1cccc2ccccc12. The molecule has 4 aromatic rings. The van der Waals surface area contributed by atoms with Crippen molar-refractivity contribution in [2.75, 3.05) is 6.54 Å². The minimum atomic E-state index is -0.768. The van der Waals surface area contributed by atoms with Crippen LogP contribution in [-0.2, 0) is 29.0 Å². The second-order valence-electron chi connectivity index (χ2n) is 10.1. The molecule has 0 aliphatic rings. The number of carbonyl (C=O) groups excluding carboxylic acids is 2. The summed E-state index contributed by atoms with van der Waals surface area (Å²) in [6.45, 7) is 4.58. The van der Waals surface area contributed by atoms with E-state index >= 15 is 0 Å². The molecular weight excluding hydrogens is 475 g/mol. The van der Waals surface area contributed by atoms with E-state index in [4.69, 9.17) is 0 Å². The zero-order chi connectivity index (χ0) is 26.9. The van der Waals surface area contributed by atoms with Crippen LogP contribution in [-0.4, -0.2) is 29.3 Å². The van der Waals surface area contributed by atoms with Gasteiger partial charge in [0.05, 0.1) is 0 Å². The van der Waals surface area contributed by atoms with Gasteiger partial charge in [0.25, 0.3) is 0 Å². The zero-order valence-corrected chi connectivity index (χ0v) is 22.1. The Morgan fingerprint density at radius 2 is 1.47 bits per heavy atom. The third-order valence-electron chi connectivity index (χ3n) is 6.74. The lowest BCUT2D eigenvalue weighted by molar-refractivity contribution is -0.141. The fourth-order valence-electron chi connectivity index (χ4n) is 4.68. The van der Waals surface area contributed by atoms with Gasteiger partial charge in [-0.15, -0.1) is 0 Å². The van der Waals surface area contributed by atoms with Gasteiger partial charge in [-0.2, -0.15) is 0 Å². The number of benzene rings is 4. The summed E-state index contributed by atoms with van der Waals surface area (Å²) in [4.78, 5) is 29.0.